The zero-order valence-electron chi connectivity index (χ0n) is 18.8. The predicted molar refractivity (Wildman–Crippen MR) is 115 cm³/mol. The molecule has 0 saturated heterocycles. The molecule has 5 atom stereocenters. The van der Waals surface area contributed by atoms with Gasteiger partial charge in [0.15, 0.2) is 0 Å². The molecule has 0 fully saturated rings. The van der Waals surface area contributed by atoms with Gasteiger partial charge in [0.05, 0.1) is 12.9 Å². The van der Waals surface area contributed by atoms with E-state index < -0.39 is 54.5 Å². The van der Waals surface area contributed by atoms with E-state index in [0.717, 1.165) is 0 Å². The van der Waals surface area contributed by atoms with Crippen LogP contribution in [-0.4, -0.2) is 74.6 Å². The summed E-state index contributed by atoms with van der Waals surface area (Å²) in [6.07, 6.45) is 3.40. The fourth-order valence-electron chi connectivity index (χ4n) is 2.90. The Kier molecular flexibility index (Phi) is 10.8. The van der Waals surface area contributed by atoms with E-state index in [0.29, 0.717) is 12.1 Å². The van der Waals surface area contributed by atoms with Gasteiger partial charge in [-0.25, -0.2) is 9.78 Å². The topological polar surface area (TPSA) is 200 Å². The second kappa shape index (κ2) is 12.8. The maximum Gasteiger partial charge on any atom is 0.326 e. The number of nitrogens with zero attached hydrogens (tertiary/aromatic N) is 1. The van der Waals surface area contributed by atoms with E-state index in [4.69, 9.17) is 10.8 Å². The maximum atomic E-state index is 12.9. The van der Waals surface area contributed by atoms with Crippen LogP contribution < -0.4 is 21.7 Å². The smallest absolute Gasteiger partial charge is 0.326 e. The average molecular weight is 455 g/mol. The van der Waals surface area contributed by atoms with E-state index in [9.17, 15) is 24.3 Å². The van der Waals surface area contributed by atoms with Crippen molar-refractivity contribution in [3.05, 3.63) is 18.2 Å². The van der Waals surface area contributed by atoms with Crippen molar-refractivity contribution in [3.8, 4) is 0 Å². The molecule has 1 aromatic heterocycles. The van der Waals surface area contributed by atoms with Crippen LogP contribution in [0.5, 0.6) is 0 Å². The fraction of sp³-hybridized carbons (Fsp3) is 0.650. The first-order valence-corrected chi connectivity index (χ1v) is 10.5. The lowest BCUT2D eigenvalue weighted by Crippen LogP contribution is -2.60. The number of aliphatic carboxylic acids is 1. The summed E-state index contributed by atoms with van der Waals surface area (Å²) in [5.41, 5.74) is 6.05. The number of amides is 3. The Bertz CT molecular complexity index is 769. The Balaban J connectivity index is 2.95. The molecule has 3 amide bonds. The first-order chi connectivity index (χ1) is 15.0. The van der Waals surface area contributed by atoms with Crippen molar-refractivity contribution in [2.75, 3.05) is 6.61 Å². The van der Waals surface area contributed by atoms with Gasteiger partial charge in [-0.05, 0) is 11.8 Å². The lowest BCUT2D eigenvalue weighted by atomic mass is 9.96. The minimum absolute atomic E-state index is 0.00949. The van der Waals surface area contributed by atoms with Gasteiger partial charge < -0.3 is 36.9 Å². The molecule has 0 aromatic carbocycles. The molecule has 12 heteroatoms. The molecule has 1 heterocycles. The number of H-pyrrole nitrogens is 1. The number of hydrogen-bond donors (Lipinski definition) is 7. The highest BCUT2D eigenvalue weighted by molar-refractivity contribution is 5.94. The number of carboxylic acids is 1. The first-order valence-electron chi connectivity index (χ1n) is 10.5. The lowest BCUT2D eigenvalue weighted by molar-refractivity contribution is -0.142. The largest absolute Gasteiger partial charge is 0.480 e. The summed E-state index contributed by atoms with van der Waals surface area (Å²) < 4.78 is 0. The number of carboxylic acid groups (broad SMARTS) is 1. The highest BCUT2D eigenvalue weighted by Crippen LogP contribution is 2.11. The van der Waals surface area contributed by atoms with Crippen LogP contribution >= 0.6 is 0 Å². The third-order valence-electron chi connectivity index (χ3n) is 5.17. The van der Waals surface area contributed by atoms with Gasteiger partial charge in [-0.2, -0.15) is 0 Å². The number of nitrogens with one attached hydrogen (secondary N) is 4. The first kappa shape index (κ1) is 27.0. The Morgan fingerprint density at radius 1 is 1.06 bits per heavy atom. The van der Waals surface area contributed by atoms with Gasteiger partial charge in [-0.1, -0.05) is 34.1 Å². The number of hydrogen-bond acceptors (Lipinski definition) is 7. The molecule has 12 nitrogen and oxygen atoms in total. The molecule has 180 valence electrons. The van der Waals surface area contributed by atoms with Crippen LogP contribution in [0, 0.1) is 11.8 Å². The van der Waals surface area contributed by atoms with Gasteiger partial charge in [0.1, 0.15) is 24.2 Å². The Morgan fingerprint density at radius 3 is 2.12 bits per heavy atom. The van der Waals surface area contributed by atoms with Crippen molar-refractivity contribution in [3.63, 3.8) is 0 Å². The molecule has 0 saturated carbocycles. The summed E-state index contributed by atoms with van der Waals surface area (Å²) in [5, 5.41) is 26.1. The number of rotatable bonds is 13. The maximum absolute atomic E-state index is 12.9. The van der Waals surface area contributed by atoms with E-state index in [1.807, 2.05) is 6.92 Å². The van der Waals surface area contributed by atoms with Gasteiger partial charge in [0, 0.05) is 18.3 Å². The summed E-state index contributed by atoms with van der Waals surface area (Å²) in [5.74, 6) is -3.84. The molecule has 0 bridgehead atoms. The molecule has 0 aliphatic rings. The fourth-order valence-corrected chi connectivity index (χ4v) is 2.90. The molecular formula is C20H34N6O6. The Morgan fingerprint density at radius 2 is 1.66 bits per heavy atom. The summed E-state index contributed by atoms with van der Waals surface area (Å²) in [6, 6.07) is -4.44. The number of imidazole rings is 1. The van der Waals surface area contributed by atoms with Crippen LogP contribution in [0.2, 0.25) is 0 Å². The predicted octanol–water partition coefficient (Wildman–Crippen LogP) is -1.49. The van der Waals surface area contributed by atoms with Gasteiger partial charge in [0.25, 0.3) is 0 Å². The second-order valence-electron chi connectivity index (χ2n) is 8.07. The molecule has 32 heavy (non-hydrogen) atoms. The van der Waals surface area contributed by atoms with Gasteiger partial charge in [-0.3, -0.25) is 14.4 Å². The lowest BCUT2D eigenvalue weighted by Gasteiger charge is -2.29. The molecule has 1 aromatic rings. The quantitative estimate of drug-likeness (QED) is 0.187. The minimum Gasteiger partial charge on any atom is -0.480 e. The number of carbonyl (C=O) groups is 4. The normalized spacial score (nSPS) is 15.8. The third-order valence-corrected chi connectivity index (χ3v) is 5.17. The van der Waals surface area contributed by atoms with E-state index in [2.05, 4.69) is 25.9 Å². The zero-order valence-corrected chi connectivity index (χ0v) is 18.8. The third kappa shape index (κ3) is 7.93. The molecule has 0 radical (unpaired) electrons. The minimum atomic E-state index is -1.23. The van der Waals surface area contributed by atoms with E-state index in [1.165, 1.54) is 12.5 Å². The summed E-state index contributed by atoms with van der Waals surface area (Å²) in [4.78, 5) is 56.1. The number of aromatic amines is 1. The number of nitrogens with two attached hydrogens (primary N) is 1. The molecular weight excluding hydrogens is 420 g/mol. The molecule has 5 unspecified atom stereocenters. The van der Waals surface area contributed by atoms with Crippen LogP contribution in [-0.2, 0) is 25.6 Å². The standard InChI is InChI=1S/C20H34N6O6/c1-5-11(4)16(26-17(28)13(21)8-27)19(30)25-15(10(2)3)18(29)24-14(20(31)32)6-12-7-22-9-23-12/h7,9-11,13-16,27H,5-6,8,21H2,1-4H3,(H,22,23)(H,24,29)(H,25,30)(H,26,28)(H,31,32). The van der Waals surface area contributed by atoms with Crippen LogP contribution in [0.1, 0.15) is 39.8 Å². The summed E-state index contributed by atoms with van der Waals surface area (Å²) >= 11 is 0. The Labute approximate surface area is 186 Å². The molecule has 0 aliphatic heterocycles. The highest BCUT2D eigenvalue weighted by Gasteiger charge is 2.33. The summed E-state index contributed by atoms with van der Waals surface area (Å²) in [6.45, 7) is 6.42. The van der Waals surface area contributed by atoms with Gasteiger partial charge in [-0.15, -0.1) is 0 Å². The van der Waals surface area contributed by atoms with Crippen LogP contribution in [0.4, 0.5) is 0 Å². The van der Waals surface area contributed by atoms with Crippen molar-refractivity contribution < 1.29 is 29.4 Å². The number of carbonyl (C=O) groups excluding carboxylic acids is 3. The highest BCUT2D eigenvalue weighted by atomic mass is 16.4. The van der Waals surface area contributed by atoms with Crippen molar-refractivity contribution in [2.24, 2.45) is 17.6 Å². The van der Waals surface area contributed by atoms with Crippen molar-refractivity contribution in [2.45, 2.75) is 64.7 Å². The SMILES string of the molecule is CCC(C)C(NC(=O)C(N)CO)C(=O)NC(C(=O)NC(Cc1cnc[nH]1)C(=O)O)C(C)C. The van der Waals surface area contributed by atoms with Gasteiger partial charge in [0.2, 0.25) is 17.7 Å². The molecule has 0 aliphatic carbocycles. The van der Waals surface area contributed by atoms with Crippen molar-refractivity contribution in [1.82, 2.24) is 25.9 Å². The monoisotopic (exact) mass is 454 g/mol. The van der Waals surface area contributed by atoms with Gasteiger partial charge >= 0.3 is 5.97 Å². The van der Waals surface area contributed by atoms with Crippen molar-refractivity contribution >= 4 is 23.7 Å². The second-order valence-corrected chi connectivity index (χ2v) is 8.07. The number of aliphatic hydroxyl groups is 1. The molecule has 8 N–H and O–H groups in total. The number of aliphatic hydroxyl groups excluding tert-OH is 1. The van der Waals surface area contributed by atoms with E-state index >= 15 is 0 Å². The molecule has 0 spiro atoms. The molecule has 1 rings (SSSR count). The van der Waals surface area contributed by atoms with E-state index in [-0.39, 0.29) is 18.3 Å². The van der Waals surface area contributed by atoms with Crippen LogP contribution in [0.25, 0.3) is 0 Å². The zero-order chi connectivity index (χ0) is 24.4. The van der Waals surface area contributed by atoms with Crippen LogP contribution in [0.15, 0.2) is 12.5 Å². The van der Waals surface area contributed by atoms with Crippen molar-refractivity contribution in [1.29, 1.82) is 0 Å². The number of aromatic nitrogens is 2. The van der Waals surface area contributed by atoms with Crippen LogP contribution in [0.3, 0.4) is 0 Å². The van der Waals surface area contributed by atoms with E-state index in [1.54, 1.807) is 20.8 Å². The average Bonchev–Trinajstić information content (AvgIpc) is 3.26. The summed E-state index contributed by atoms with van der Waals surface area (Å²) in [7, 11) is 0. The Hall–Kier alpha value is -2.99.